The molecule has 1 saturated heterocycles. The number of esters is 3. The summed E-state index contributed by atoms with van der Waals surface area (Å²) < 4.78 is 22.4. The summed E-state index contributed by atoms with van der Waals surface area (Å²) in [6.07, 6.45) is -1.86. The maximum Gasteiger partial charge on any atom is 0.338 e. The van der Waals surface area contributed by atoms with Gasteiger partial charge in [0.1, 0.15) is 25.4 Å². The number of benzene rings is 1. The molecule has 0 amide bonds. The van der Waals surface area contributed by atoms with Gasteiger partial charge in [0.2, 0.25) is 5.79 Å². The number of ether oxygens (including phenoxy) is 4. The number of hydrogen-bond donors (Lipinski definition) is 1. The Morgan fingerprint density at radius 1 is 1.10 bits per heavy atom. The second-order valence-corrected chi connectivity index (χ2v) is 9.05. The van der Waals surface area contributed by atoms with Gasteiger partial charge in [-0.05, 0) is 46.9 Å². The zero-order valence-corrected chi connectivity index (χ0v) is 19.6. The Morgan fingerprint density at radius 3 is 2.27 bits per heavy atom. The summed E-state index contributed by atoms with van der Waals surface area (Å²) in [7, 11) is 0. The van der Waals surface area contributed by atoms with E-state index < -0.39 is 42.5 Å². The molecule has 1 aliphatic rings. The molecule has 0 bridgehead atoms. The van der Waals surface area contributed by atoms with Crippen LogP contribution < -0.4 is 0 Å². The van der Waals surface area contributed by atoms with Crippen LogP contribution in [0.4, 0.5) is 0 Å². The maximum absolute atomic E-state index is 12.3. The average molecular weight is 534 g/mol. The summed E-state index contributed by atoms with van der Waals surface area (Å²) in [5, 5.41) is 10.7. The minimum absolute atomic E-state index is 0.109. The van der Waals surface area contributed by atoms with Crippen LogP contribution in [0.2, 0.25) is 0 Å². The van der Waals surface area contributed by atoms with Crippen LogP contribution in [0.25, 0.3) is 0 Å². The smallest absolute Gasteiger partial charge is 0.338 e. The lowest BCUT2D eigenvalue weighted by atomic mass is 10.1. The molecule has 0 aromatic heterocycles. The Labute approximate surface area is 189 Å². The molecule has 0 spiro atoms. The molecule has 1 fully saturated rings. The average Bonchev–Trinajstić information content (AvgIpc) is 3.00. The summed E-state index contributed by atoms with van der Waals surface area (Å²) in [5.41, 5.74) is 0.366. The Bertz CT molecular complexity index is 761. The lowest BCUT2D eigenvalue weighted by Crippen LogP contribution is -2.37. The molecule has 30 heavy (non-hydrogen) atoms. The van der Waals surface area contributed by atoms with Gasteiger partial charge in [-0.25, -0.2) is 4.79 Å². The van der Waals surface area contributed by atoms with Crippen LogP contribution in [0, 0.1) is 15.4 Å². The van der Waals surface area contributed by atoms with Crippen LogP contribution in [0.3, 0.4) is 0 Å². The zero-order valence-electron chi connectivity index (χ0n) is 17.4. The first-order valence-corrected chi connectivity index (χ1v) is 10.8. The molecule has 2 rings (SSSR count). The van der Waals surface area contributed by atoms with Crippen LogP contribution in [-0.2, 0) is 28.5 Å². The van der Waals surface area contributed by atoms with Crippen LogP contribution in [0.5, 0.6) is 0 Å². The van der Waals surface area contributed by atoms with E-state index in [1.807, 2.05) is 0 Å². The minimum atomic E-state index is -1.84. The fraction of sp³-hybridized carbons (Fsp3) is 0.571. The molecule has 0 unspecified atom stereocenters. The summed E-state index contributed by atoms with van der Waals surface area (Å²) in [6, 6.07) is 6.83. The standard InChI is InChI=1S/C21H27IO8/c1-12(2)18(23)28-11-21(26)9-16(29-19(24)13(3)4)17(30-21)10-27-20(25)14-5-7-15(22)8-6-14/h5-8,12-13,16-17,26H,9-11H2,1-4H3/t16-,17+,21-/m0/s1. The number of aliphatic hydroxyl groups is 1. The van der Waals surface area contributed by atoms with Gasteiger partial charge < -0.3 is 24.1 Å². The highest BCUT2D eigenvalue weighted by atomic mass is 127. The molecule has 1 aromatic rings. The first-order chi connectivity index (χ1) is 14.0. The summed E-state index contributed by atoms with van der Waals surface area (Å²) in [4.78, 5) is 36.1. The Balaban J connectivity index is 2.04. The summed E-state index contributed by atoms with van der Waals surface area (Å²) >= 11 is 2.13. The molecule has 1 N–H and O–H groups in total. The predicted molar refractivity (Wildman–Crippen MR) is 114 cm³/mol. The van der Waals surface area contributed by atoms with Gasteiger partial charge in [0.25, 0.3) is 0 Å². The molecule has 0 radical (unpaired) electrons. The van der Waals surface area contributed by atoms with Gasteiger partial charge in [-0.1, -0.05) is 27.7 Å². The normalized spacial score (nSPS) is 23.5. The maximum atomic E-state index is 12.3. The van der Waals surface area contributed by atoms with Crippen LogP contribution >= 0.6 is 22.6 Å². The number of halogens is 1. The molecule has 0 aliphatic carbocycles. The highest BCUT2D eigenvalue weighted by molar-refractivity contribution is 14.1. The monoisotopic (exact) mass is 534 g/mol. The second kappa shape index (κ2) is 10.5. The fourth-order valence-electron chi connectivity index (χ4n) is 2.67. The van der Waals surface area contributed by atoms with Crippen molar-refractivity contribution in [3.63, 3.8) is 0 Å². The van der Waals surface area contributed by atoms with E-state index in [1.165, 1.54) is 0 Å². The van der Waals surface area contributed by atoms with Crippen LogP contribution in [-0.4, -0.2) is 54.2 Å². The third kappa shape index (κ3) is 6.92. The number of hydrogen-bond acceptors (Lipinski definition) is 8. The van der Waals surface area contributed by atoms with Crippen molar-refractivity contribution in [2.75, 3.05) is 13.2 Å². The van der Waals surface area contributed by atoms with Gasteiger partial charge in [0.05, 0.1) is 17.4 Å². The molecule has 1 aromatic carbocycles. The fourth-order valence-corrected chi connectivity index (χ4v) is 3.03. The molecule has 1 aliphatic heterocycles. The Kier molecular flexibility index (Phi) is 8.62. The zero-order chi connectivity index (χ0) is 22.5. The number of rotatable bonds is 8. The van der Waals surface area contributed by atoms with Crippen LogP contribution in [0.1, 0.15) is 44.5 Å². The molecule has 1 heterocycles. The Hall–Kier alpha value is -1.72. The van der Waals surface area contributed by atoms with Crippen molar-refractivity contribution in [3.05, 3.63) is 33.4 Å². The van der Waals surface area contributed by atoms with Gasteiger partial charge in [0, 0.05) is 9.99 Å². The van der Waals surface area contributed by atoms with Crippen molar-refractivity contribution in [3.8, 4) is 0 Å². The van der Waals surface area contributed by atoms with Crippen LogP contribution in [0.15, 0.2) is 24.3 Å². The molecule has 8 nitrogen and oxygen atoms in total. The topological polar surface area (TPSA) is 108 Å². The largest absolute Gasteiger partial charge is 0.460 e. The van der Waals surface area contributed by atoms with E-state index in [1.54, 1.807) is 52.0 Å². The molecule has 0 saturated carbocycles. The first kappa shape index (κ1) is 24.5. The van der Waals surface area contributed by atoms with E-state index >= 15 is 0 Å². The van der Waals surface area contributed by atoms with E-state index in [9.17, 15) is 19.5 Å². The van der Waals surface area contributed by atoms with Crippen molar-refractivity contribution in [2.24, 2.45) is 11.8 Å². The Morgan fingerprint density at radius 2 is 1.70 bits per heavy atom. The third-order valence-electron chi connectivity index (χ3n) is 4.41. The first-order valence-electron chi connectivity index (χ1n) is 9.71. The lowest BCUT2D eigenvalue weighted by molar-refractivity contribution is -0.226. The van der Waals surface area contributed by atoms with Crippen molar-refractivity contribution < 1.29 is 38.4 Å². The van der Waals surface area contributed by atoms with Crippen molar-refractivity contribution in [1.29, 1.82) is 0 Å². The highest BCUT2D eigenvalue weighted by Gasteiger charge is 2.49. The summed E-state index contributed by atoms with van der Waals surface area (Å²) in [5.74, 6) is -4.11. The van der Waals surface area contributed by atoms with Gasteiger partial charge >= 0.3 is 17.9 Å². The third-order valence-corrected chi connectivity index (χ3v) is 5.13. The minimum Gasteiger partial charge on any atom is -0.460 e. The molecule has 166 valence electrons. The van der Waals surface area contributed by atoms with Crippen molar-refractivity contribution >= 4 is 40.5 Å². The lowest BCUT2D eigenvalue weighted by Gasteiger charge is -2.22. The second-order valence-electron chi connectivity index (χ2n) is 7.80. The van der Waals surface area contributed by atoms with Crippen molar-refractivity contribution in [2.45, 2.75) is 52.1 Å². The van der Waals surface area contributed by atoms with E-state index in [2.05, 4.69) is 22.6 Å². The molecule has 3 atom stereocenters. The van der Waals surface area contributed by atoms with Gasteiger partial charge in [-0.2, -0.15) is 0 Å². The molecular weight excluding hydrogens is 507 g/mol. The van der Waals surface area contributed by atoms with Gasteiger partial charge in [0.15, 0.2) is 0 Å². The number of carbonyl (C=O) groups is 3. The highest BCUT2D eigenvalue weighted by Crippen LogP contribution is 2.32. The van der Waals surface area contributed by atoms with Crippen molar-refractivity contribution in [1.82, 2.24) is 0 Å². The summed E-state index contributed by atoms with van der Waals surface area (Å²) in [6.45, 7) is 6.05. The van der Waals surface area contributed by atoms with E-state index in [0.29, 0.717) is 5.56 Å². The molecular formula is C21H27IO8. The van der Waals surface area contributed by atoms with Gasteiger partial charge in [-0.15, -0.1) is 0 Å². The van der Waals surface area contributed by atoms with Gasteiger partial charge in [-0.3, -0.25) is 9.59 Å². The number of carbonyl (C=O) groups excluding carboxylic acids is 3. The SMILES string of the molecule is CC(C)C(=O)OC[C@]1(O)C[C@H](OC(=O)C(C)C)[C@@H](COC(=O)c2ccc(I)cc2)O1. The van der Waals surface area contributed by atoms with E-state index in [0.717, 1.165) is 3.57 Å². The predicted octanol–water partition coefficient (Wildman–Crippen LogP) is 2.69. The molecule has 9 heteroatoms. The van der Waals surface area contributed by atoms with E-state index in [4.69, 9.17) is 18.9 Å². The van der Waals surface area contributed by atoms with E-state index in [-0.39, 0.29) is 24.9 Å². The quantitative estimate of drug-likeness (QED) is 0.308.